The minimum absolute atomic E-state index is 0.0763. The summed E-state index contributed by atoms with van der Waals surface area (Å²) in [5, 5.41) is 2.82. The van der Waals surface area contributed by atoms with Crippen LogP contribution in [0.5, 0.6) is 0 Å². The Hall–Kier alpha value is -4.15. The van der Waals surface area contributed by atoms with Crippen LogP contribution in [-0.4, -0.2) is 102 Å². The second-order valence-corrected chi connectivity index (χ2v) is 10.7. The van der Waals surface area contributed by atoms with Crippen LogP contribution < -0.4 is 5.32 Å². The fourth-order valence-electron chi connectivity index (χ4n) is 4.42. The van der Waals surface area contributed by atoms with Crippen molar-refractivity contribution in [1.82, 2.24) is 20.0 Å². The van der Waals surface area contributed by atoms with Crippen LogP contribution in [0.3, 0.4) is 0 Å². The van der Waals surface area contributed by atoms with Crippen molar-refractivity contribution in [2.45, 2.75) is 57.7 Å². The molecule has 0 aliphatic carbocycles. The molecule has 1 aliphatic rings. The molecular weight excluding hydrogens is 528 g/mol. The summed E-state index contributed by atoms with van der Waals surface area (Å²) in [7, 11) is 1.23. The van der Waals surface area contributed by atoms with Crippen LogP contribution in [0.2, 0.25) is 0 Å². The first-order valence-corrected chi connectivity index (χ1v) is 13.6. The number of nitrogens with one attached hydrogen (secondary N) is 1. The summed E-state index contributed by atoms with van der Waals surface area (Å²) in [5.41, 5.74) is 0.0584. The fourth-order valence-corrected chi connectivity index (χ4v) is 4.42. The molecule has 1 aromatic rings. The highest BCUT2D eigenvalue weighted by Gasteiger charge is 2.38. The monoisotopic (exact) mass is 570 g/mol. The van der Waals surface area contributed by atoms with Crippen molar-refractivity contribution in [2.24, 2.45) is 0 Å². The van der Waals surface area contributed by atoms with Crippen molar-refractivity contribution in [3.8, 4) is 0 Å². The highest BCUT2D eigenvalue weighted by molar-refractivity contribution is 5.94. The van der Waals surface area contributed by atoms with Gasteiger partial charge >= 0.3 is 12.1 Å². The third-order valence-corrected chi connectivity index (χ3v) is 6.31. The van der Waals surface area contributed by atoms with E-state index in [1.54, 1.807) is 20.8 Å². The van der Waals surface area contributed by atoms with Crippen molar-refractivity contribution in [3.05, 3.63) is 61.2 Å². The number of amides is 4. The lowest BCUT2D eigenvalue weighted by Crippen LogP contribution is -2.56. The molecule has 1 heterocycles. The number of rotatable bonds is 13. The highest BCUT2D eigenvalue weighted by Crippen LogP contribution is 2.19. The molecule has 11 heteroatoms. The largest absolute Gasteiger partial charge is 0.468 e. The van der Waals surface area contributed by atoms with E-state index in [2.05, 4.69) is 18.5 Å². The van der Waals surface area contributed by atoms with Gasteiger partial charge in [0.2, 0.25) is 17.7 Å². The molecule has 11 nitrogen and oxygen atoms in total. The van der Waals surface area contributed by atoms with Crippen LogP contribution in [0.4, 0.5) is 4.79 Å². The molecule has 1 aromatic carbocycles. The van der Waals surface area contributed by atoms with Gasteiger partial charge in [0, 0.05) is 26.1 Å². The first-order chi connectivity index (χ1) is 19.4. The molecule has 0 unspecified atom stereocenters. The van der Waals surface area contributed by atoms with Gasteiger partial charge in [0.1, 0.15) is 30.8 Å². The predicted octanol–water partition coefficient (Wildman–Crippen LogP) is 2.32. The standard InChI is InChI=1S/C30H42N4O7/c1-7-16-32(21-26(36)40-6)28(38)23(19-22-13-10-9-11-14-22)31-27(37)24-15-12-18-34(24)25(35)20-33(17-8-2)29(39)41-30(3,4)5/h7-11,13-14,23-24H,1-2,12,15-21H2,3-6H3,(H,31,37)/t23-,24-/m0/s1. The van der Waals surface area contributed by atoms with Crippen molar-refractivity contribution in [2.75, 3.05) is 39.8 Å². The lowest BCUT2D eigenvalue weighted by atomic mass is 10.0. The van der Waals surface area contributed by atoms with Gasteiger partial charge in [0.15, 0.2) is 0 Å². The van der Waals surface area contributed by atoms with Gasteiger partial charge in [-0.05, 0) is 39.2 Å². The Labute approximate surface area is 242 Å². The van der Waals surface area contributed by atoms with E-state index in [-0.39, 0.29) is 32.6 Å². The average Bonchev–Trinajstić information content (AvgIpc) is 3.42. The summed E-state index contributed by atoms with van der Waals surface area (Å²) in [6.45, 7) is 12.4. The summed E-state index contributed by atoms with van der Waals surface area (Å²) in [6, 6.07) is 7.33. The predicted molar refractivity (Wildman–Crippen MR) is 154 cm³/mol. The van der Waals surface area contributed by atoms with Gasteiger partial charge in [0.05, 0.1) is 7.11 Å². The maximum absolute atomic E-state index is 13.6. The summed E-state index contributed by atoms with van der Waals surface area (Å²) in [5.74, 6) is -1.99. The Bertz CT molecular complexity index is 1100. The summed E-state index contributed by atoms with van der Waals surface area (Å²) in [4.78, 5) is 68.9. The molecule has 1 fully saturated rings. The number of methoxy groups -OCH3 is 1. The lowest BCUT2D eigenvalue weighted by Gasteiger charge is -2.31. The lowest BCUT2D eigenvalue weighted by molar-refractivity contribution is -0.148. The molecule has 4 amide bonds. The number of carbonyl (C=O) groups excluding carboxylic acids is 5. The van der Waals surface area contributed by atoms with Crippen LogP contribution in [0.1, 0.15) is 39.2 Å². The molecule has 41 heavy (non-hydrogen) atoms. The topological polar surface area (TPSA) is 126 Å². The smallest absolute Gasteiger partial charge is 0.411 e. The summed E-state index contributed by atoms with van der Waals surface area (Å²) >= 11 is 0. The third-order valence-electron chi connectivity index (χ3n) is 6.31. The Morgan fingerprint density at radius 2 is 1.68 bits per heavy atom. The molecular formula is C30H42N4O7. The third kappa shape index (κ3) is 10.4. The quantitative estimate of drug-likeness (QED) is 0.285. The molecule has 0 radical (unpaired) electrons. The number of carbonyl (C=O) groups is 5. The summed E-state index contributed by atoms with van der Waals surface area (Å²) < 4.78 is 10.1. The van der Waals surface area contributed by atoms with E-state index in [1.165, 1.54) is 34.0 Å². The van der Waals surface area contributed by atoms with Crippen LogP contribution in [0.15, 0.2) is 55.6 Å². The van der Waals surface area contributed by atoms with Gasteiger partial charge in [0.25, 0.3) is 0 Å². The van der Waals surface area contributed by atoms with E-state index in [0.717, 1.165) is 5.56 Å². The minimum Gasteiger partial charge on any atom is -0.468 e. The van der Waals surface area contributed by atoms with Gasteiger partial charge in [-0.2, -0.15) is 0 Å². The van der Waals surface area contributed by atoms with E-state index in [4.69, 9.17) is 9.47 Å². The van der Waals surface area contributed by atoms with E-state index >= 15 is 0 Å². The van der Waals surface area contributed by atoms with Crippen molar-refractivity contribution >= 4 is 29.8 Å². The Kier molecular flexibility index (Phi) is 12.6. The number of ether oxygens (including phenoxy) is 2. The van der Waals surface area contributed by atoms with E-state index in [1.807, 2.05) is 30.3 Å². The zero-order valence-electron chi connectivity index (χ0n) is 24.5. The Morgan fingerprint density at radius 1 is 1.05 bits per heavy atom. The second-order valence-electron chi connectivity index (χ2n) is 10.7. The van der Waals surface area contributed by atoms with Crippen molar-refractivity contribution in [3.63, 3.8) is 0 Å². The molecule has 0 aromatic heterocycles. The maximum Gasteiger partial charge on any atom is 0.411 e. The van der Waals surface area contributed by atoms with Crippen LogP contribution in [0.25, 0.3) is 0 Å². The van der Waals surface area contributed by atoms with Crippen LogP contribution in [-0.2, 0) is 35.1 Å². The van der Waals surface area contributed by atoms with Crippen LogP contribution in [0, 0.1) is 0 Å². The maximum atomic E-state index is 13.6. The van der Waals surface area contributed by atoms with Crippen molar-refractivity contribution < 1.29 is 33.4 Å². The first-order valence-electron chi connectivity index (χ1n) is 13.6. The summed E-state index contributed by atoms with van der Waals surface area (Å²) in [6.07, 6.45) is 3.48. The number of benzene rings is 1. The van der Waals surface area contributed by atoms with E-state index in [9.17, 15) is 24.0 Å². The number of esters is 1. The van der Waals surface area contributed by atoms with Gasteiger partial charge in [-0.3, -0.25) is 24.1 Å². The Balaban J connectivity index is 2.23. The average molecular weight is 571 g/mol. The Morgan fingerprint density at radius 3 is 2.27 bits per heavy atom. The zero-order chi connectivity index (χ0) is 30.6. The zero-order valence-corrected chi connectivity index (χ0v) is 24.5. The minimum atomic E-state index is -1.01. The molecule has 1 saturated heterocycles. The van der Waals surface area contributed by atoms with E-state index < -0.39 is 47.5 Å². The number of nitrogens with zero attached hydrogens (tertiary/aromatic N) is 3. The molecule has 1 N–H and O–H groups in total. The number of hydrogen-bond donors (Lipinski definition) is 1. The number of hydrogen-bond acceptors (Lipinski definition) is 7. The molecule has 2 rings (SSSR count). The van der Waals surface area contributed by atoms with Crippen LogP contribution >= 0.6 is 0 Å². The number of likely N-dealkylation sites (tertiary alicyclic amines) is 1. The molecule has 0 saturated carbocycles. The molecule has 0 bridgehead atoms. The van der Waals surface area contributed by atoms with Gasteiger partial charge in [-0.1, -0.05) is 42.5 Å². The van der Waals surface area contributed by atoms with Gasteiger partial charge < -0.3 is 24.6 Å². The van der Waals surface area contributed by atoms with Crippen molar-refractivity contribution in [1.29, 1.82) is 0 Å². The first kappa shape index (κ1) is 33.1. The van der Waals surface area contributed by atoms with E-state index in [0.29, 0.717) is 19.4 Å². The highest BCUT2D eigenvalue weighted by atomic mass is 16.6. The second kappa shape index (κ2) is 15.6. The normalized spacial score (nSPS) is 15.3. The molecule has 1 aliphatic heterocycles. The molecule has 224 valence electrons. The SMILES string of the molecule is C=CCN(CC(=O)N1CCC[C@H]1C(=O)N[C@@H](Cc1ccccc1)C(=O)N(CC=C)CC(=O)OC)C(=O)OC(C)(C)C. The van der Waals surface area contributed by atoms with Gasteiger partial charge in [-0.15, -0.1) is 13.2 Å². The fraction of sp³-hybridized carbons (Fsp3) is 0.500. The molecule has 2 atom stereocenters. The molecule has 0 spiro atoms. The van der Waals surface area contributed by atoms with Gasteiger partial charge in [-0.25, -0.2) is 4.79 Å².